The first-order valence-electron chi connectivity index (χ1n) is 9.91. The molecule has 1 amide bonds. The summed E-state index contributed by atoms with van der Waals surface area (Å²) in [6.07, 6.45) is 3.73. The van der Waals surface area contributed by atoms with Gasteiger partial charge in [0.05, 0.1) is 10.3 Å². The molecule has 4 bridgehead atoms. The monoisotopic (exact) mass is 405 g/mol. The molecule has 4 fully saturated rings. The average Bonchev–Trinajstić information content (AvgIpc) is 2.64. The normalized spacial score (nSPS) is 34.2. The Balaban J connectivity index is 1.55. The smallest absolute Gasteiger partial charge is 0.309 e. The highest BCUT2D eigenvalue weighted by molar-refractivity contribution is 7.93. The molecule has 0 radical (unpaired) electrons. The van der Waals surface area contributed by atoms with Crippen molar-refractivity contribution in [2.45, 2.75) is 61.6 Å². The number of nitrogens with one attached hydrogen (secondary N) is 1. The van der Waals surface area contributed by atoms with Gasteiger partial charge in [-0.05, 0) is 75.8 Å². The van der Waals surface area contributed by atoms with Crippen LogP contribution >= 0.6 is 0 Å². The number of hydrogen-bond donors (Lipinski definition) is 2. The molecule has 0 aliphatic heterocycles. The first-order valence-corrected chi connectivity index (χ1v) is 11.4. The molecule has 0 heterocycles. The second-order valence-corrected chi connectivity index (χ2v) is 11.9. The zero-order valence-corrected chi connectivity index (χ0v) is 17.0. The molecule has 0 spiro atoms. The second kappa shape index (κ2) is 6.31. The van der Waals surface area contributed by atoms with Gasteiger partial charge in [0.15, 0.2) is 9.84 Å². The van der Waals surface area contributed by atoms with Crippen molar-refractivity contribution in [3.63, 3.8) is 0 Å². The van der Waals surface area contributed by atoms with Crippen LogP contribution in [0.1, 0.15) is 46.0 Å². The van der Waals surface area contributed by atoms with E-state index in [9.17, 15) is 23.1 Å². The number of carboxylic acids is 1. The lowest BCUT2D eigenvalue weighted by Crippen LogP contribution is -2.63. The lowest BCUT2D eigenvalue weighted by Gasteiger charge is -2.58. The van der Waals surface area contributed by atoms with Crippen LogP contribution in [0.4, 0.5) is 0 Å². The van der Waals surface area contributed by atoms with Gasteiger partial charge in [0.1, 0.15) is 4.75 Å². The molecule has 4 aliphatic rings. The van der Waals surface area contributed by atoms with Gasteiger partial charge in [-0.3, -0.25) is 9.59 Å². The van der Waals surface area contributed by atoms with Gasteiger partial charge in [-0.1, -0.05) is 18.2 Å². The van der Waals surface area contributed by atoms with Gasteiger partial charge < -0.3 is 10.4 Å². The van der Waals surface area contributed by atoms with Crippen LogP contribution in [0.15, 0.2) is 35.2 Å². The Hall–Kier alpha value is -1.89. The van der Waals surface area contributed by atoms with Crippen LogP contribution in [-0.4, -0.2) is 36.2 Å². The summed E-state index contributed by atoms with van der Waals surface area (Å²) in [5.41, 5.74) is -0.649. The maximum atomic E-state index is 13.1. The van der Waals surface area contributed by atoms with Crippen molar-refractivity contribution in [2.75, 3.05) is 0 Å². The number of carboxylic acid groups (broad SMARTS) is 1. The minimum absolute atomic E-state index is 0.113. The fourth-order valence-electron chi connectivity index (χ4n) is 5.86. The molecule has 0 aromatic heterocycles. The van der Waals surface area contributed by atoms with Crippen LogP contribution in [0.2, 0.25) is 0 Å². The highest BCUT2D eigenvalue weighted by Crippen LogP contribution is 2.60. The molecular formula is C21H27NO5S. The lowest BCUT2D eigenvalue weighted by atomic mass is 9.48. The summed E-state index contributed by atoms with van der Waals surface area (Å²) in [5.74, 6) is -0.590. The van der Waals surface area contributed by atoms with E-state index in [0.29, 0.717) is 18.8 Å². The van der Waals surface area contributed by atoms with Gasteiger partial charge >= 0.3 is 5.97 Å². The number of amides is 1. The summed E-state index contributed by atoms with van der Waals surface area (Å²) in [7, 11) is -3.85. The van der Waals surface area contributed by atoms with Gasteiger partial charge in [0, 0.05) is 6.04 Å². The summed E-state index contributed by atoms with van der Waals surface area (Å²) < 4.78 is 24.5. The topological polar surface area (TPSA) is 101 Å². The molecule has 1 aromatic rings. The van der Waals surface area contributed by atoms with Crippen LogP contribution in [0.3, 0.4) is 0 Å². The van der Waals surface area contributed by atoms with Crippen molar-refractivity contribution in [3.8, 4) is 0 Å². The van der Waals surface area contributed by atoms with Gasteiger partial charge in [-0.2, -0.15) is 0 Å². The molecule has 2 N–H and O–H groups in total. The number of sulfone groups is 1. The number of aliphatic carboxylic acids is 1. The molecule has 28 heavy (non-hydrogen) atoms. The number of rotatable bonds is 5. The largest absolute Gasteiger partial charge is 0.481 e. The highest BCUT2D eigenvalue weighted by Gasteiger charge is 2.59. The maximum Gasteiger partial charge on any atom is 0.309 e. The van der Waals surface area contributed by atoms with Gasteiger partial charge in [0.25, 0.3) is 0 Å². The van der Waals surface area contributed by atoms with E-state index in [1.54, 1.807) is 18.2 Å². The van der Waals surface area contributed by atoms with Crippen LogP contribution in [0, 0.1) is 23.2 Å². The molecule has 152 valence electrons. The SMILES string of the molecule is CC(C)(C(=O)NC1C2CC3CC1CC(C(=O)O)(C3)C2)S(=O)(=O)c1ccccc1. The summed E-state index contributed by atoms with van der Waals surface area (Å²) in [6.45, 7) is 2.89. The van der Waals surface area contributed by atoms with Crippen molar-refractivity contribution in [2.24, 2.45) is 23.2 Å². The summed E-state index contributed by atoms with van der Waals surface area (Å²) in [5, 5.41) is 12.8. The lowest BCUT2D eigenvalue weighted by molar-refractivity contribution is -0.167. The van der Waals surface area contributed by atoms with E-state index < -0.39 is 31.9 Å². The van der Waals surface area contributed by atoms with Gasteiger partial charge in [0.2, 0.25) is 5.91 Å². The summed E-state index contributed by atoms with van der Waals surface area (Å²) in [6, 6.07) is 7.89. The van der Waals surface area contributed by atoms with E-state index in [0.717, 1.165) is 19.3 Å². The van der Waals surface area contributed by atoms with Crippen molar-refractivity contribution >= 4 is 21.7 Å². The minimum Gasteiger partial charge on any atom is -0.481 e. The summed E-state index contributed by atoms with van der Waals surface area (Å²) >= 11 is 0. The van der Waals surface area contributed by atoms with Gasteiger partial charge in [-0.15, -0.1) is 0 Å². The Bertz CT molecular complexity index is 892. The van der Waals surface area contributed by atoms with Crippen LogP contribution in [0.5, 0.6) is 0 Å². The Morgan fingerprint density at radius 2 is 1.64 bits per heavy atom. The second-order valence-electron chi connectivity index (χ2n) is 9.38. The minimum atomic E-state index is -3.85. The first kappa shape index (κ1) is 19.4. The third-order valence-electron chi connectivity index (χ3n) is 7.30. The predicted molar refractivity (Wildman–Crippen MR) is 103 cm³/mol. The average molecular weight is 406 g/mol. The molecule has 4 aliphatic carbocycles. The molecule has 2 unspecified atom stereocenters. The number of carbonyl (C=O) groups excluding carboxylic acids is 1. The van der Waals surface area contributed by atoms with Crippen molar-refractivity contribution < 1.29 is 23.1 Å². The summed E-state index contributed by atoms with van der Waals surface area (Å²) in [4.78, 5) is 25.1. The van der Waals surface area contributed by atoms with E-state index in [-0.39, 0.29) is 22.8 Å². The van der Waals surface area contributed by atoms with E-state index in [1.807, 2.05) is 0 Å². The van der Waals surface area contributed by atoms with Crippen LogP contribution in [-0.2, 0) is 19.4 Å². The van der Waals surface area contributed by atoms with E-state index in [2.05, 4.69) is 5.32 Å². The first-order chi connectivity index (χ1) is 13.1. The number of hydrogen-bond acceptors (Lipinski definition) is 4. The third kappa shape index (κ3) is 2.78. The quantitative estimate of drug-likeness (QED) is 0.784. The maximum absolute atomic E-state index is 13.1. The Kier molecular flexibility index (Phi) is 4.38. The van der Waals surface area contributed by atoms with E-state index in [1.165, 1.54) is 26.0 Å². The molecule has 2 atom stereocenters. The Morgan fingerprint density at radius 1 is 1.07 bits per heavy atom. The molecular weight excluding hydrogens is 378 g/mol. The number of carbonyl (C=O) groups is 2. The molecule has 5 rings (SSSR count). The standard InChI is InChI=1S/C21H27NO5S/c1-20(2,28(26,27)16-6-4-3-5-7-16)18(23)22-17-14-8-13-9-15(17)12-21(10-13,11-14)19(24)25/h3-7,13-15,17H,8-12H2,1-2H3,(H,22,23)(H,24,25). The van der Waals surface area contributed by atoms with Crippen LogP contribution in [0.25, 0.3) is 0 Å². The third-order valence-corrected chi connectivity index (χ3v) is 9.72. The molecule has 1 aromatic carbocycles. The van der Waals surface area contributed by atoms with E-state index >= 15 is 0 Å². The zero-order valence-electron chi connectivity index (χ0n) is 16.2. The van der Waals surface area contributed by atoms with E-state index in [4.69, 9.17) is 0 Å². The predicted octanol–water partition coefficient (Wildman–Crippen LogP) is 2.63. The molecule has 6 nitrogen and oxygen atoms in total. The fraction of sp³-hybridized carbons (Fsp3) is 0.619. The Labute approximate surface area is 165 Å². The highest BCUT2D eigenvalue weighted by atomic mass is 32.2. The van der Waals surface area contributed by atoms with Crippen molar-refractivity contribution in [3.05, 3.63) is 30.3 Å². The van der Waals surface area contributed by atoms with Crippen LogP contribution < -0.4 is 5.32 Å². The Morgan fingerprint density at radius 3 is 2.18 bits per heavy atom. The zero-order chi connectivity index (χ0) is 20.3. The fourth-order valence-corrected chi connectivity index (χ4v) is 7.27. The number of benzene rings is 1. The molecule has 0 saturated heterocycles. The molecule has 7 heteroatoms. The van der Waals surface area contributed by atoms with Crippen molar-refractivity contribution in [1.82, 2.24) is 5.32 Å². The van der Waals surface area contributed by atoms with Crippen molar-refractivity contribution in [1.29, 1.82) is 0 Å². The molecule has 4 saturated carbocycles. The van der Waals surface area contributed by atoms with Gasteiger partial charge in [-0.25, -0.2) is 8.42 Å².